The zero-order chi connectivity index (χ0) is 12.5. The third-order valence-electron chi connectivity index (χ3n) is 4.05. The molecule has 0 aromatic rings. The molecule has 0 aliphatic carbocycles. The Morgan fingerprint density at radius 2 is 2.12 bits per heavy atom. The van der Waals surface area contributed by atoms with Gasteiger partial charge in [-0.2, -0.15) is 0 Å². The Hall–Kier alpha value is -0.0800. The largest absolute Gasteiger partial charge is 0.314 e. The summed E-state index contributed by atoms with van der Waals surface area (Å²) in [5.74, 6) is 0. The van der Waals surface area contributed by atoms with Crippen LogP contribution >= 0.6 is 0 Å². The van der Waals surface area contributed by atoms with Gasteiger partial charge in [-0.3, -0.25) is 0 Å². The van der Waals surface area contributed by atoms with E-state index in [1.165, 1.54) is 64.6 Å². The van der Waals surface area contributed by atoms with Crippen LogP contribution in [-0.4, -0.2) is 36.6 Å². The minimum Gasteiger partial charge on any atom is -0.314 e. The summed E-state index contributed by atoms with van der Waals surface area (Å²) in [5.41, 5.74) is 0. The molecule has 0 saturated carbocycles. The lowest BCUT2D eigenvalue weighted by Gasteiger charge is -2.23. The molecule has 0 aromatic carbocycles. The second-order valence-electron chi connectivity index (χ2n) is 5.59. The lowest BCUT2D eigenvalue weighted by molar-refractivity contribution is 0.241. The molecule has 1 heterocycles. The van der Waals surface area contributed by atoms with Crippen molar-refractivity contribution in [2.75, 3.05) is 19.6 Å². The lowest BCUT2D eigenvalue weighted by atomic mass is 10.1. The molecule has 2 heteroatoms. The Morgan fingerprint density at radius 1 is 1.29 bits per heavy atom. The molecular weight excluding hydrogens is 208 g/mol. The van der Waals surface area contributed by atoms with E-state index in [1.54, 1.807) is 0 Å². The first kappa shape index (κ1) is 15.0. The number of unbranched alkanes of at least 4 members (excludes halogenated alkanes) is 1. The lowest BCUT2D eigenvalue weighted by Crippen LogP contribution is -2.30. The van der Waals surface area contributed by atoms with Gasteiger partial charge in [0.15, 0.2) is 0 Å². The van der Waals surface area contributed by atoms with E-state index in [1.807, 2.05) is 0 Å². The van der Waals surface area contributed by atoms with E-state index in [0.29, 0.717) is 6.04 Å². The number of hydrogen-bond donors (Lipinski definition) is 1. The number of likely N-dealkylation sites (tertiary alicyclic amines) is 1. The van der Waals surface area contributed by atoms with Gasteiger partial charge in [0.05, 0.1) is 0 Å². The molecule has 0 radical (unpaired) electrons. The molecule has 0 amide bonds. The van der Waals surface area contributed by atoms with Crippen molar-refractivity contribution in [3.8, 4) is 0 Å². The number of nitrogens with zero attached hydrogens (tertiary/aromatic N) is 1. The monoisotopic (exact) mass is 240 g/mol. The highest BCUT2D eigenvalue weighted by atomic mass is 15.2. The third kappa shape index (κ3) is 5.87. The van der Waals surface area contributed by atoms with Crippen LogP contribution in [0.15, 0.2) is 0 Å². The maximum atomic E-state index is 3.57. The molecule has 102 valence electrons. The molecule has 1 saturated heterocycles. The predicted molar refractivity (Wildman–Crippen MR) is 76.5 cm³/mol. The number of rotatable bonds is 9. The second kappa shape index (κ2) is 8.93. The fraction of sp³-hybridized carbons (Fsp3) is 1.00. The van der Waals surface area contributed by atoms with E-state index in [2.05, 4.69) is 31.0 Å². The van der Waals surface area contributed by atoms with E-state index in [-0.39, 0.29) is 0 Å². The maximum absolute atomic E-state index is 3.57. The van der Waals surface area contributed by atoms with E-state index in [9.17, 15) is 0 Å². The summed E-state index contributed by atoms with van der Waals surface area (Å²) in [7, 11) is 0. The van der Waals surface area contributed by atoms with Gasteiger partial charge in [0, 0.05) is 12.1 Å². The fourth-order valence-electron chi connectivity index (χ4n) is 2.91. The summed E-state index contributed by atoms with van der Waals surface area (Å²) in [5, 5.41) is 3.57. The van der Waals surface area contributed by atoms with Gasteiger partial charge >= 0.3 is 0 Å². The topological polar surface area (TPSA) is 15.3 Å². The Balaban J connectivity index is 1.99. The van der Waals surface area contributed by atoms with E-state index < -0.39 is 0 Å². The zero-order valence-electron chi connectivity index (χ0n) is 12.2. The fourth-order valence-corrected chi connectivity index (χ4v) is 2.91. The van der Waals surface area contributed by atoms with E-state index in [4.69, 9.17) is 0 Å². The molecule has 0 bridgehead atoms. The third-order valence-corrected chi connectivity index (χ3v) is 4.05. The van der Waals surface area contributed by atoms with Crippen molar-refractivity contribution < 1.29 is 0 Å². The van der Waals surface area contributed by atoms with Crippen LogP contribution in [0.25, 0.3) is 0 Å². The van der Waals surface area contributed by atoms with E-state index in [0.717, 1.165) is 6.04 Å². The molecule has 1 N–H and O–H groups in total. The summed E-state index contributed by atoms with van der Waals surface area (Å²) in [6.45, 7) is 10.7. The number of nitrogens with one attached hydrogen (secondary N) is 1. The SMILES string of the molecule is CCCNC(C)CCCCN1CCCC1CC. The first-order valence-corrected chi connectivity index (χ1v) is 7.75. The highest BCUT2D eigenvalue weighted by Crippen LogP contribution is 2.20. The van der Waals surface area contributed by atoms with Crippen molar-refractivity contribution in [1.29, 1.82) is 0 Å². The summed E-state index contributed by atoms with van der Waals surface area (Å²) in [6, 6.07) is 1.60. The highest BCUT2D eigenvalue weighted by molar-refractivity contribution is 4.77. The van der Waals surface area contributed by atoms with Crippen LogP contribution in [0.5, 0.6) is 0 Å². The normalized spacial score (nSPS) is 23.1. The molecule has 1 aliphatic rings. The van der Waals surface area contributed by atoms with Crippen molar-refractivity contribution in [2.24, 2.45) is 0 Å². The summed E-state index contributed by atoms with van der Waals surface area (Å²) < 4.78 is 0. The quantitative estimate of drug-likeness (QED) is 0.621. The van der Waals surface area contributed by atoms with Crippen LogP contribution in [-0.2, 0) is 0 Å². The van der Waals surface area contributed by atoms with E-state index >= 15 is 0 Å². The molecule has 2 unspecified atom stereocenters. The predicted octanol–water partition coefficient (Wildman–Crippen LogP) is 3.42. The Bertz CT molecular complexity index is 182. The molecule has 1 rings (SSSR count). The molecule has 2 atom stereocenters. The van der Waals surface area contributed by atoms with Gasteiger partial charge < -0.3 is 10.2 Å². The standard InChI is InChI=1S/C15H32N2/c1-4-11-16-14(3)9-6-7-12-17-13-8-10-15(17)5-2/h14-16H,4-13H2,1-3H3. The molecular formula is C15H32N2. The number of hydrogen-bond acceptors (Lipinski definition) is 2. The minimum absolute atomic E-state index is 0.704. The zero-order valence-corrected chi connectivity index (χ0v) is 12.2. The van der Waals surface area contributed by atoms with Crippen molar-refractivity contribution in [3.05, 3.63) is 0 Å². The van der Waals surface area contributed by atoms with Crippen molar-refractivity contribution in [3.63, 3.8) is 0 Å². The smallest absolute Gasteiger partial charge is 0.00931 e. The van der Waals surface area contributed by atoms with Crippen LogP contribution in [0, 0.1) is 0 Å². The molecule has 2 nitrogen and oxygen atoms in total. The summed E-state index contributed by atoms with van der Waals surface area (Å²) in [6.07, 6.45) is 9.55. The molecule has 0 aromatic heterocycles. The van der Waals surface area contributed by atoms with Crippen LogP contribution < -0.4 is 5.32 Å². The second-order valence-corrected chi connectivity index (χ2v) is 5.59. The molecule has 1 fully saturated rings. The van der Waals surface area contributed by atoms with Crippen molar-refractivity contribution in [1.82, 2.24) is 10.2 Å². The van der Waals surface area contributed by atoms with Crippen molar-refractivity contribution >= 4 is 0 Å². The minimum atomic E-state index is 0.704. The van der Waals surface area contributed by atoms with Gasteiger partial charge in [-0.25, -0.2) is 0 Å². The van der Waals surface area contributed by atoms with Crippen LogP contribution in [0.2, 0.25) is 0 Å². The molecule has 0 spiro atoms. The van der Waals surface area contributed by atoms with Gasteiger partial charge in [0.25, 0.3) is 0 Å². The first-order chi connectivity index (χ1) is 8.27. The van der Waals surface area contributed by atoms with Gasteiger partial charge in [-0.1, -0.05) is 20.3 Å². The average molecular weight is 240 g/mol. The maximum Gasteiger partial charge on any atom is 0.00931 e. The Kier molecular flexibility index (Phi) is 7.87. The Labute approximate surface area is 108 Å². The van der Waals surface area contributed by atoms with Crippen molar-refractivity contribution in [2.45, 2.75) is 77.8 Å². The average Bonchev–Trinajstić information content (AvgIpc) is 2.79. The van der Waals surface area contributed by atoms with Crippen LogP contribution in [0.4, 0.5) is 0 Å². The first-order valence-electron chi connectivity index (χ1n) is 7.75. The highest BCUT2D eigenvalue weighted by Gasteiger charge is 2.21. The molecule has 17 heavy (non-hydrogen) atoms. The van der Waals surface area contributed by atoms with Crippen LogP contribution in [0.1, 0.15) is 65.7 Å². The summed E-state index contributed by atoms with van der Waals surface area (Å²) >= 11 is 0. The van der Waals surface area contributed by atoms with Gasteiger partial charge in [0.2, 0.25) is 0 Å². The Morgan fingerprint density at radius 3 is 2.82 bits per heavy atom. The van der Waals surface area contributed by atoms with Gasteiger partial charge in [-0.15, -0.1) is 0 Å². The van der Waals surface area contributed by atoms with Crippen LogP contribution in [0.3, 0.4) is 0 Å². The van der Waals surface area contributed by atoms with Gasteiger partial charge in [-0.05, 0) is 65.1 Å². The molecule has 1 aliphatic heterocycles. The van der Waals surface area contributed by atoms with Gasteiger partial charge in [0.1, 0.15) is 0 Å². The summed E-state index contributed by atoms with van der Waals surface area (Å²) in [4.78, 5) is 2.71.